The molecule has 0 bridgehead atoms. The minimum absolute atomic E-state index is 0.241. The molecule has 6 heteroatoms. The Balaban J connectivity index is 1.86. The van der Waals surface area contributed by atoms with Crippen LogP contribution in [0.25, 0.3) is 0 Å². The highest BCUT2D eigenvalue weighted by atomic mass is 31.2. The predicted molar refractivity (Wildman–Crippen MR) is 134 cm³/mol. The standard InChI is InChI=1S/C26H54NO4P/c1-4-5-6-7-8-9-10-11-12-13-14-15-16-17-18-21-24-30-32(28,29)31-25-26-22-19-20-23-27(26,2)3/h26H,4-25H2,1-3H3. The molecule has 2 unspecified atom stereocenters. The number of likely N-dealkylation sites (N-methyl/N-ethyl adjacent to an activating group) is 1. The molecule has 2 atom stereocenters. The number of hydrogen-bond acceptors (Lipinski definition) is 4. The van der Waals surface area contributed by atoms with Crippen LogP contribution in [0.4, 0.5) is 0 Å². The van der Waals surface area contributed by atoms with Crippen LogP contribution in [0.1, 0.15) is 129 Å². The van der Waals surface area contributed by atoms with Gasteiger partial charge >= 0.3 is 0 Å². The van der Waals surface area contributed by atoms with E-state index in [2.05, 4.69) is 21.0 Å². The summed E-state index contributed by atoms with van der Waals surface area (Å²) in [5.41, 5.74) is 0. The molecule has 0 N–H and O–H groups in total. The molecular weight excluding hydrogens is 421 g/mol. The zero-order valence-electron chi connectivity index (χ0n) is 21.7. The Labute approximate surface area is 199 Å². The van der Waals surface area contributed by atoms with E-state index in [0.717, 1.165) is 36.7 Å². The van der Waals surface area contributed by atoms with Gasteiger partial charge in [0.05, 0.1) is 27.2 Å². The Morgan fingerprint density at radius 2 is 1.22 bits per heavy atom. The number of rotatable bonds is 21. The maximum atomic E-state index is 12.0. The fraction of sp³-hybridized carbons (Fsp3) is 1.00. The second-order valence-corrected chi connectivity index (χ2v) is 11.9. The lowest BCUT2D eigenvalue weighted by Gasteiger charge is -2.42. The lowest BCUT2D eigenvalue weighted by molar-refractivity contribution is -0.920. The summed E-state index contributed by atoms with van der Waals surface area (Å²) in [7, 11) is 0.141. The third-order valence-electron chi connectivity index (χ3n) is 7.18. The summed E-state index contributed by atoms with van der Waals surface area (Å²) in [6, 6.07) is 0.241. The average molecular weight is 476 g/mol. The van der Waals surface area contributed by atoms with E-state index in [4.69, 9.17) is 9.05 Å². The lowest BCUT2D eigenvalue weighted by Crippen LogP contribution is -2.53. The number of nitrogens with zero attached hydrogens (tertiary/aromatic N) is 1. The molecule has 5 nitrogen and oxygen atoms in total. The van der Waals surface area contributed by atoms with E-state index in [1.807, 2.05) is 0 Å². The zero-order valence-corrected chi connectivity index (χ0v) is 22.6. The highest BCUT2D eigenvalue weighted by molar-refractivity contribution is 7.45. The number of hydrogen-bond donors (Lipinski definition) is 0. The zero-order chi connectivity index (χ0) is 23.5. The van der Waals surface area contributed by atoms with Gasteiger partial charge in [0.25, 0.3) is 7.82 Å². The Bertz CT molecular complexity index is 486. The molecule has 0 aromatic heterocycles. The molecule has 1 rings (SSSR count). The molecule has 32 heavy (non-hydrogen) atoms. The molecule has 1 aliphatic heterocycles. The summed E-state index contributed by atoms with van der Waals surface area (Å²) in [5.74, 6) is 0. The van der Waals surface area contributed by atoms with Crippen LogP contribution >= 0.6 is 7.82 Å². The van der Waals surface area contributed by atoms with Crippen molar-refractivity contribution in [3.63, 3.8) is 0 Å². The van der Waals surface area contributed by atoms with Crippen molar-refractivity contribution in [3.8, 4) is 0 Å². The highest BCUT2D eigenvalue weighted by Gasteiger charge is 2.32. The number of phosphoric acid groups is 1. The monoisotopic (exact) mass is 475 g/mol. The van der Waals surface area contributed by atoms with E-state index in [9.17, 15) is 9.46 Å². The Hall–Kier alpha value is 0.0700. The smallest absolute Gasteiger partial charge is 0.268 e. The quantitative estimate of drug-likeness (QED) is 0.0987. The second-order valence-electron chi connectivity index (χ2n) is 10.5. The maximum Gasteiger partial charge on any atom is 0.268 e. The Morgan fingerprint density at radius 3 is 1.69 bits per heavy atom. The maximum absolute atomic E-state index is 12.0. The first-order valence-electron chi connectivity index (χ1n) is 13.8. The third-order valence-corrected chi connectivity index (χ3v) is 8.15. The van der Waals surface area contributed by atoms with E-state index >= 15 is 0 Å². The summed E-state index contributed by atoms with van der Waals surface area (Å²) >= 11 is 0. The van der Waals surface area contributed by atoms with Crippen molar-refractivity contribution in [2.45, 2.75) is 135 Å². The van der Waals surface area contributed by atoms with Crippen LogP contribution in [0, 0.1) is 0 Å². The first kappa shape index (κ1) is 30.1. The number of unbranched alkanes of at least 4 members (excludes halogenated alkanes) is 15. The number of phosphoric ester groups is 1. The number of quaternary nitrogens is 1. The van der Waals surface area contributed by atoms with Gasteiger partial charge in [-0.25, -0.2) is 0 Å². The molecule has 1 heterocycles. The summed E-state index contributed by atoms with van der Waals surface area (Å²) in [6.07, 6.45) is 24.3. The topological polar surface area (TPSA) is 58.6 Å². The van der Waals surface area contributed by atoms with Gasteiger partial charge in [-0.1, -0.05) is 103 Å². The van der Waals surface area contributed by atoms with Crippen LogP contribution in [0.2, 0.25) is 0 Å². The van der Waals surface area contributed by atoms with Crippen LogP contribution < -0.4 is 4.89 Å². The minimum atomic E-state index is -4.17. The molecule has 192 valence electrons. The van der Waals surface area contributed by atoms with E-state index in [1.165, 1.54) is 96.3 Å². The van der Waals surface area contributed by atoms with E-state index < -0.39 is 7.82 Å². The van der Waals surface area contributed by atoms with Gasteiger partial charge in [-0.3, -0.25) is 4.57 Å². The van der Waals surface area contributed by atoms with Crippen LogP contribution in [0.3, 0.4) is 0 Å². The van der Waals surface area contributed by atoms with Gasteiger partial charge in [0.2, 0.25) is 0 Å². The van der Waals surface area contributed by atoms with Gasteiger partial charge in [-0.15, -0.1) is 0 Å². The molecule has 0 radical (unpaired) electrons. The summed E-state index contributed by atoms with van der Waals surface area (Å²) in [4.78, 5) is 12.0. The SMILES string of the molecule is CCCCCCCCCCCCCCCCCCOP(=O)([O-])OCC1CCCC[N+]1(C)C. The van der Waals surface area contributed by atoms with E-state index in [1.54, 1.807) is 0 Å². The minimum Gasteiger partial charge on any atom is -0.756 e. The Morgan fingerprint density at radius 1 is 0.750 bits per heavy atom. The molecule has 0 aliphatic carbocycles. The van der Waals surface area contributed by atoms with Crippen LogP contribution in [0.15, 0.2) is 0 Å². The number of piperidine rings is 1. The lowest BCUT2D eigenvalue weighted by atomic mass is 10.0. The average Bonchev–Trinajstić information content (AvgIpc) is 2.75. The van der Waals surface area contributed by atoms with E-state index in [-0.39, 0.29) is 19.3 Å². The molecular formula is C26H54NO4P. The van der Waals surface area contributed by atoms with Crippen molar-refractivity contribution >= 4 is 7.82 Å². The van der Waals surface area contributed by atoms with Gasteiger partial charge in [0, 0.05) is 6.42 Å². The van der Waals surface area contributed by atoms with E-state index in [0.29, 0.717) is 0 Å². The molecule has 1 aliphatic rings. The van der Waals surface area contributed by atoms with Crippen LogP contribution in [-0.4, -0.2) is 44.4 Å². The van der Waals surface area contributed by atoms with Crippen LogP contribution in [0.5, 0.6) is 0 Å². The van der Waals surface area contributed by atoms with Gasteiger partial charge in [0.15, 0.2) is 0 Å². The molecule has 1 saturated heterocycles. The predicted octanol–water partition coefficient (Wildman–Crippen LogP) is 7.38. The summed E-state index contributed by atoms with van der Waals surface area (Å²) in [5, 5.41) is 0. The summed E-state index contributed by atoms with van der Waals surface area (Å²) < 4.78 is 23.1. The number of likely N-dealkylation sites (tertiary alicyclic amines) is 1. The molecule has 1 fully saturated rings. The fourth-order valence-electron chi connectivity index (χ4n) is 4.76. The van der Waals surface area contributed by atoms with Crippen molar-refractivity contribution in [2.75, 3.05) is 33.9 Å². The van der Waals surface area contributed by atoms with Crippen molar-refractivity contribution < 1.29 is 23.0 Å². The van der Waals surface area contributed by atoms with Gasteiger partial charge in [0.1, 0.15) is 12.6 Å². The first-order valence-corrected chi connectivity index (χ1v) is 15.3. The van der Waals surface area contributed by atoms with Crippen LogP contribution in [-0.2, 0) is 13.6 Å². The van der Waals surface area contributed by atoms with Crippen molar-refractivity contribution in [1.29, 1.82) is 0 Å². The molecule has 0 saturated carbocycles. The molecule has 0 amide bonds. The van der Waals surface area contributed by atoms with Gasteiger partial charge < -0.3 is 18.4 Å². The molecule has 0 spiro atoms. The third kappa shape index (κ3) is 15.8. The van der Waals surface area contributed by atoms with Crippen molar-refractivity contribution in [1.82, 2.24) is 0 Å². The summed E-state index contributed by atoms with van der Waals surface area (Å²) in [6.45, 7) is 3.85. The fourth-order valence-corrected chi connectivity index (χ4v) is 5.54. The van der Waals surface area contributed by atoms with Gasteiger partial charge in [-0.2, -0.15) is 0 Å². The highest BCUT2D eigenvalue weighted by Crippen LogP contribution is 2.39. The van der Waals surface area contributed by atoms with Gasteiger partial charge in [-0.05, 0) is 19.3 Å². The first-order chi connectivity index (χ1) is 15.4. The Kier molecular flexibility index (Phi) is 17.3. The normalized spacial score (nSPS) is 20.3. The van der Waals surface area contributed by atoms with Crippen molar-refractivity contribution in [2.24, 2.45) is 0 Å². The van der Waals surface area contributed by atoms with Crippen molar-refractivity contribution in [3.05, 3.63) is 0 Å². The molecule has 0 aromatic carbocycles. The largest absolute Gasteiger partial charge is 0.756 e. The second kappa shape index (κ2) is 18.4. The molecule has 0 aromatic rings.